The number of methoxy groups -OCH3 is 1. The van der Waals surface area contributed by atoms with Gasteiger partial charge in [0.1, 0.15) is 5.69 Å². The van der Waals surface area contributed by atoms with Crippen LogP contribution in [-0.2, 0) is 4.74 Å². The number of esters is 1. The van der Waals surface area contributed by atoms with Gasteiger partial charge in [0.05, 0.1) is 12.7 Å². The van der Waals surface area contributed by atoms with Crippen LogP contribution < -0.4 is 10.6 Å². The molecule has 0 atom stereocenters. The summed E-state index contributed by atoms with van der Waals surface area (Å²) in [5.74, 6) is -0.675. The summed E-state index contributed by atoms with van der Waals surface area (Å²) in [7, 11) is 1.34. The highest BCUT2D eigenvalue weighted by atomic mass is 16.5. The van der Waals surface area contributed by atoms with Crippen LogP contribution in [0.25, 0.3) is 0 Å². The van der Waals surface area contributed by atoms with E-state index in [1.165, 1.54) is 7.11 Å². The summed E-state index contributed by atoms with van der Waals surface area (Å²) in [6, 6.07) is 17.9. The van der Waals surface area contributed by atoms with Crippen LogP contribution in [0.4, 0.5) is 17.1 Å². The monoisotopic (exact) mass is 361 g/mol. The highest BCUT2D eigenvalue weighted by Gasteiger charge is 2.09. The number of hydrogen-bond donors (Lipinski definition) is 2. The molecule has 0 fully saturated rings. The third-order valence-electron chi connectivity index (χ3n) is 3.86. The van der Waals surface area contributed by atoms with Crippen LogP contribution in [0.1, 0.15) is 26.4 Å². The number of nitrogens with zero attached hydrogens (tertiary/aromatic N) is 1. The molecule has 136 valence electrons. The van der Waals surface area contributed by atoms with Crippen LogP contribution in [0, 0.1) is 6.92 Å². The number of anilines is 3. The van der Waals surface area contributed by atoms with Crippen molar-refractivity contribution in [3.63, 3.8) is 0 Å². The number of ether oxygens (including phenoxy) is 1. The molecule has 27 heavy (non-hydrogen) atoms. The third-order valence-corrected chi connectivity index (χ3v) is 3.86. The lowest BCUT2D eigenvalue weighted by Crippen LogP contribution is -2.13. The van der Waals surface area contributed by atoms with E-state index in [0.29, 0.717) is 16.9 Å². The van der Waals surface area contributed by atoms with Gasteiger partial charge in [-0.2, -0.15) is 0 Å². The van der Waals surface area contributed by atoms with Crippen LogP contribution in [-0.4, -0.2) is 24.0 Å². The quantitative estimate of drug-likeness (QED) is 0.667. The minimum absolute atomic E-state index is 0.287. The number of aromatic nitrogens is 1. The lowest BCUT2D eigenvalue weighted by Gasteiger charge is -2.09. The highest BCUT2D eigenvalue weighted by molar-refractivity contribution is 6.03. The maximum absolute atomic E-state index is 12.4. The molecule has 0 bridgehead atoms. The zero-order chi connectivity index (χ0) is 19.2. The second-order valence-electron chi connectivity index (χ2n) is 5.95. The zero-order valence-corrected chi connectivity index (χ0v) is 15.0. The van der Waals surface area contributed by atoms with Crippen LogP contribution >= 0.6 is 0 Å². The van der Waals surface area contributed by atoms with E-state index < -0.39 is 0 Å². The van der Waals surface area contributed by atoms with E-state index in [1.54, 1.807) is 42.6 Å². The van der Waals surface area contributed by atoms with E-state index in [1.807, 2.05) is 31.2 Å². The van der Waals surface area contributed by atoms with E-state index in [-0.39, 0.29) is 11.9 Å². The number of pyridine rings is 1. The van der Waals surface area contributed by atoms with Crippen LogP contribution in [0.15, 0.2) is 66.9 Å². The molecule has 0 saturated carbocycles. The highest BCUT2D eigenvalue weighted by Crippen LogP contribution is 2.18. The summed E-state index contributed by atoms with van der Waals surface area (Å²) in [4.78, 5) is 28.0. The van der Waals surface area contributed by atoms with Crippen molar-refractivity contribution in [2.75, 3.05) is 17.7 Å². The van der Waals surface area contributed by atoms with Crippen molar-refractivity contribution >= 4 is 28.9 Å². The van der Waals surface area contributed by atoms with Crippen molar-refractivity contribution in [2.24, 2.45) is 0 Å². The van der Waals surface area contributed by atoms with E-state index in [9.17, 15) is 9.59 Å². The Labute approximate surface area is 157 Å². The first kappa shape index (κ1) is 18.1. The maximum Gasteiger partial charge on any atom is 0.337 e. The standard InChI is InChI=1S/C21H19N3O3/c1-14-4-3-5-17(12-14)24-20(25)19-13-18(10-11-22-19)23-16-8-6-15(7-9-16)21(26)27-2/h3-13H,1-2H3,(H,22,23)(H,24,25). The predicted octanol–water partition coefficient (Wildman–Crippen LogP) is 4.17. The van der Waals surface area contributed by atoms with E-state index >= 15 is 0 Å². The Morgan fingerprint density at radius 2 is 1.70 bits per heavy atom. The number of aryl methyl sites for hydroxylation is 1. The smallest absolute Gasteiger partial charge is 0.337 e. The second-order valence-corrected chi connectivity index (χ2v) is 5.95. The summed E-state index contributed by atoms with van der Waals surface area (Å²) in [6.45, 7) is 1.96. The molecule has 3 aromatic rings. The van der Waals surface area contributed by atoms with E-state index in [2.05, 4.69) is 20.4 Å². The van der Waals surface area contributed by atoms with Crippen molar-refractivity contribution < 1.29 is 14.3 Å². The molecule has 1 aromatic heterocycles. The number of carbonyl (C=O) groups is 2. The van der Waals surface area contributed by atoms with Crippen LogP contribution in [0.2, 0.25) is 0 Å². The SMILES string of the molecule is COC(=O)c1ccc(Nc2ccnc(C(=O)Nc3cccc(C)c3)c2)cc1. The van der Waals surface area contributed by atoms with Gasteiger partial charge < -0.3 is 15.4 Å². The average Bonchev–Trinajstić information content (AvgIpc) is 2.68. The van der Waals surface area contributed by atoms with Crippen molar-refractivity contribution in [2.45, 2.75) is 6.92 Å². The number of benzene rings is 2. The Morgan fingerprint density at radius 1 is 0.926 bits per heavy atom. The summed E-state index contributed by atoms with van der Waals surface area (Å²) in [6.07, 6.45) is 1.57. The number of carbonyl (C=O) groups excluding carboxylic acids is 2. The van der Waals surface area contributed by atoms with Gasteiger partial charge in [0, 0.05) is 23.3 Å². The largest absolute Gasteiger partial charge is 0.465 e. The molecule has 0 unspecified atom stereocenters. The third kappa shape index (κ3) is 4.70. The summed E-state index contributed by atoms with van der Waals surface area (Å²) in [5.41, 5.74) is 4.04. The molecule has 0 saturated heterocycles. The molecular weight excluding hydrogens is 342 g/mol. The predicted molar refractivity (Wildman–Crippen MR) is 104 cm³/mol. The topological polar surface area (TPSA) is 80.3 Å². The van der Waals surface area contributed by atoms with Gasteiger partial charge in [0.25, 0.3) is 5.91 Å². The zero-order valence-electron chi connectivity index (χ0n) is 15.0. The lowest BCUT2D eigenvalue weighted by atomic mass is 10.2. The summed E-state index contributed by atoms with van der Waals surface area (Å²) in [5, 5.41) is 6.02. The van der Waals surface area contributed by atoms with Crippen molar-refractivity contribution in [3.05, 3.63) is 83.7 Å². The van der Waals surface area contributed by atoms with Crippen LogP contribution in [0.5, 0.6) is 0 Å². The molecular formula is C21H19N3O3. The van der Waals surface area contributed by atoms with E-state index in [4.69, 9.17) is 0 Å². The minimum Gasteiger partial charge on any atom is -0.465 e. The first-order valence-corrected chi connectivity index (χ1v) is 8.34. The van der Waals surface area contributed by atoms with Crippen molar-refractivity contribution in [1.82, 2.24) is 4.98 Å². The fourth-order valence-electron chi connectivity index (χ4n) is 2.52. The number of nitrogens with one attached hydrogen (secondary N) is 2. The molecule has 6 nitrogen and oxygen atoms in total. The fourth-order valence-corrected chi connectivity index (χ4v) is 2.52. The second kappa shape index (κ2) is 8.14. The molecule has 0 aliphatic carbocycles. The van der Waals surface area contributed by atoms with Crippen molar-refractivity contribution in [1.29, 1.82) is 0 Å². The van der Waals surface area contributed by atoms with Gasteiger partial charge in [0.15, 0.2) is 0 Å². The molecule has 1 amide bonds. The first-order chi connectivity index (χ1) is 13.0. The molecule has 1 heterocycles. The fraction of sp³-hybridized carbons (Fsp3) is 0.0952. The molecule has 2 aromatic carbocycles. The minimum atomic E-state index is -0.388. The summed E-state index contributed by atoms with van der Waals surface area (Å²) >= 11 is 0. The molecule has 0 aliphatic rings. The Hall–Kier alpha value is -3.67. The van der Waals surface area contributed by atoms with Gasteiger partial charge in [-0.1, -0.05) is 12.1 Å². The molecule has 3 rings (SSSR count). The van der Waals surface area contributed by atoms with Crippen molar-refractivity contribution in [3.8, 4) is 0 Å². The Bertz CT molecular complexity index is 968. The number of hydrogen-bond acceptors (Lipinski definition) is 5. The maximum atomic E-state index is 12.4. The molecule has 2 N–H and O–H groups in total. The summed E-state index contributed by atoms with van der Waals surface area (Å²) < 4.78 is 4.68. The number of amides is 1. The van der Waals surface area contributed by atoms with Gasteiger partial charge in [0.2, 0.25) is 0 Å². The molecule has 0 aliphatic heterocycles. The molecule has 6 heteroatoms. The van der Waals surface area contributed by atoms with E-state index in [0.717, 1.165) is 16.9 Å². The number of rotatable bonds is 5. The van der Waals surface area contributed by atoms with Crippen LogP contribution in [0.3, 0.4) is 0 Å². The molecule has 0 spiro atoms. The average molecular weight is 361 g/mol. The van der Waals surface area contributed by atoms with Gasteiger partial charge >= 0.3 is 5.97 Å². The molecule has 0 radical (unpaired) electrons. The Balaban J connectivity index is 1.71. The Morgan fingerprint density at radius 3 is 2.41 bits per heavy atom. The lowest BCUT2D eigenvalue weighted by molar-refractivity contribution is 0.0600. The normalized spacial score (nSPS) is 10.1. The van der Waals surface area contributed by atoms with Gasteiger partial charge in [-0.05, 0) is 61.0 Å². The van der Waals surface area contributed by atoms with Gasteiger partial charge in [-0.3, -0.25) is 9.78 Å². The Kier molecular flexibility index (Phi) is 5.47. The van der Waals surface area contributed by atoms with Gasteiger partial charge in [-0.25, -0.2) is 4.79 Å². The van der Waals surface area contributed by atoms with Gasteiger partial charge in [-0.15, -0.1) is 0 Å². The first-order valence-electron chi connectivity index (χ1n) is 8.34.